The summed E-state index contributed by atoms with van der Waals surface area (Å²) in [6.07, 6.45) is 6.99. The molecule has 0 spiro atoms. The number of hydrogen-bond donors (Lipinski definition) is 1. The predicted octanol–water partition coefficient (Wildman–Crippen LogP) is 4.20. The van der Waals surface area contributed by atoms with Gasteiger partial charge in [-0.15, -0.1) is 0 Å². The lowest BCUT2D eigenvalue weighted by molar-refractivity contribution is 0.365. The van der Waals surface area contributed by atoms with Gasteiger partial charge in [0.2, 0.25) is 0 Å². The molecule has 1 heterocycles. The van der Waals surface area contributed by atoms with Crippen LogP contribution in [-0.2, 0) is 6.54 Å². The summed E-state index contributed by atoms with van der Waals surface area (Å²) in [5.74, 6) is 1.65. The zero-order valence-corrected chi connectivity index (χ0v) is 13.6. The van der Waals surface area contributed by atoms with Gasteiger partial charge in [-0.25, -0.2) is 0 Å². The molecule has 3 rings (SSSR count). The van der Waals surface area contributed by atoms with Crippen LogP contribution in [0.1, 0.15) is 51.5 Å². The molecule has 1 aliphatic carbocycles. The van der Waals surface area contributed by atoms with E-state index in [0.717, 1.165) is 18.4 Å². The van der Waals surface area contributed by atoms with Crippen LogP contribution >= 0.6 is 0 Å². The topological polar surface area (TPSA) is 15.3 Å². The average Bonchev–Trinajstić information content (AvgIpc) is 2.95. The third-order valence-corrected chi connectivity index (χ3v) is 5.59. The molecule has 2 heteroatoms. The van der Waals surface area contributed by atoms with Crippen molar-refractivity contribution in [1.82, 2.24) is 5.32 Å². The van der Waals surface area contributed by atoms with Crippen LogP contribution in [0.3, 0.4) is 0 Å². The third-order valence-electron chi connectivity index (χ3n) is 5.59. The van der Waals surface area contributed by atoms with Crippen molar-refractivity contribution in [2.24, 2.45) is 11.8 Å². The predicted molar refractivity (Wildman–Crippen MR) is 90.7 cm³/mol. The molecule has 2 unspecified atom stereocenters. The van der Waals surface area contributed by atoms with E-state index in [4.69, 9.17) is 0 Å². The highest BCUT2D eigenvalue weighted by Gasteiger charge is 2.27. The summed E-state index contributed by atoms with van der Waals surface area (Å²) in [5.41, 5.74) is 2.95. The van der Waals surface area contributed by atoms with E-state index in [1.54, 1.807) is 0 Å². The molecule has 2 aliphatic rings. The number of anilines is 1. The largest absolute Gasteiger partial charge is 0.369 e. The summed E-state index contributed by atoms with van der Waals surface area (Å²) in [6, 6.07) is 9.61. The minimum atomic E-state index is 0.615. The fraction of sp³-hybridized carbons (Fsp3) is 0.684. The second kappa shape index (κ2) is 6.83. The Morgan fingerprint density at radius 2 is 2.00 bits per heavy atom. The number of fused-ring (bicyclic) bond motifs is 1. The van der Waals surface area contributed by atoms with Gasteiger partial charge in [-0.1, -0.05) is 51.3 Å². The van der Waals surface area contributed by atoms with Gasteiger partial charge in [0.05, 0.1) is 0 Å². The van der Waals surface area contributed by atoms with E-state index in [1.807, 2.05) is 0 Å². The molecule has 0 amide bonds. The summed E-state index contributed by atoms with van der Waals surface area (Å²) < 4.78 is 0. The Balaban J connectivity index is 1.80. The molecule has 0 bridgehead atoms. The van der Waals surface area contributed by atoms with Gasteiger partial charge in [0.15, 0.2) is 0 Å². The van der Waals surface area contributed by atoms with E-state index in [9.17, 15) is 0 Å². The Hall–Kier alpha value is -1.02. The van der Waals surface area contributed by atoms with Crippen LogP contribution in [0.4, 0.5) is 5.69 Å². The quantitative estimate of drug-likeness (QED) is 0.892. The molecule has 1 saturated carbocycles. The summed E-state index contributed by atoms with van der Waals surface area (Å²) in [6.45, 7) is 8.15. The SMILES string of the molecule is CCC(C)C1CN(CC2CCCC2)c2ccccc2CN1. The maximum absolute atomic E-state index is 3.80. The van der Waals surface area contributed by atoms with E-state index >= 15 is 0 Å². The number of para-hydroxylation sites is 1. The minimum absolute atomic E-state index is 0.615. The molecule has 0 saturated heterocycles. The molecule has 1 aromatic rings. The average molecular weight is 286 g/mol. The third kappa shape index (κ3) is 3.42. The van der Waals surface area contributed by atoms with Gasteiger partial charge in [-0.3, -0.25) is 0 Å². The lowest BCUT2D eigenvalue weighted by Gasteiger charge is -2.32. The van der Waals surface area contributed by atoms with Crippen molar-refractivity contribution >= 4 is 5.69 Å². The molecule has 116 valence electrons. The number of nitrogens with one attached hydrogen (secondary N) is 1. The molecule has 2 atom stereocenters. The summed E-state index contributed by atoms with van der Waals surface area (Å²) >= 11 is 0. The minimum Gasteiger partial charge on any atom is -0.369 e. The van der Waals surface area contributed by atoms with E-state index in [2.05, 4.69) is 48.3 Å². The van der Waals surface area contributed by atoms with Crippen molar-refractivity contribution in [3.8, 4) is 0 Å². The van der Waals surface area contributed by atoms with Crippen molar-refractivity contribution in [1.29, 1.82) is 0 Å². The first kappa shape index (κ1) is 14.9. The maximum atomic E-state index is 3.80. The first-order chi connectivity index (χ1) is 10.3. The monoisotopic (exact) mass is 286 g/mol. The van der Waals surface area contributed by atoms with Gasteiger partial charge in [0, 0.05) is 31.4 Å². The fourth-order valence-corrected chi connectivity index (χ4v) is 3.95. The highest BCUT2D eigenvalue weighted by Crippen LogP contribution is 2.31. The van der Waals surface area contributed by atoms with Crippen LogP contribution in [0.2, 0.25) is 0 Å². The van der Waals surface area contributed by atoms with Crippen LogP contribution in [-0.4, -0.2) is 19.1 Å². The Morgan fingerprint density at radius 3 is 2.76 bits per heavy atom. The smallest absolute Gasteiger partial charge is 0.0412 e. The van der Waals surface area contributed by atoms with Crippen LogP contribution < -0.4 is 10.2 Å². The number of hydrogen-bond acceptors (Lipinski definition) is 2. The first-order valence-corrected chi connectivity index (χ1v) is 8.84. The number of rotatable bonds is 4. The highest BCUT2D eigenvalue weighted by molar-refractivity contribution is 5.54. The molecule has 1 aliphatic heterocycles. The van der Waals surface area contributed by atoms with Crippen molar-refractivity contribution in [2.45, 2.75) is 58.5 Å². The molecule has 21 heavy (non-hydrogen) atoms. The van der Waals surface area contributed by atoms with Gasteiger partial charge in [-0.2, -0.15) is 0 Å². The summed E-state index contributed by atoms with van der Waals surface area (Å²) in [7, 11) is 0. The lowest BCUT2D eigenvalue weighted by Crippen LogP contribution is -2.43. The number of benzene rings is 1. The van der Waals surface area contributed by atoms with Gasteiger partial charge in [-0.05, 0) is 36.3 Å². The summed E-state index contributed by atoms with van der Waals surface area (Å²) in [5, 5.41) is 3.80. The molecule has 1 aromatic carbocycles. The second-order valence-corrected chi connectivity index (χ2v) is 7.06. The van der Waals surface area contributed by atoms with E-state index in [0.29, 0.717) is 6.04 Å². The van der Waals surface area contributed by atoms with Crippen LogP contribution in [0.5, 0.6) is 0 Å². The normalized spacial score (nSPS) is 24.7. The van der Waals surface area contributed by atoms with E-state index in [1.165, 1.54) is 56.4 Å². The van der Waals surface area contributed by atoms with Crippen molar-refractivity contribution in [3.63, 3.8) is 0 Å². The molecule has 1 fully saturated rings. The summed E-state index contributed by atoms with van der Waals surface area (Å²) in [4.78, 5) is 2.68. The van der Waals surface area contributed by atoms with E-state index < -0.39 is 0 Å². The maximum Gasteiger partial charge on any atom is 0.0412 e. The van der Waals surface area contributed by atoms with Gasteiger partial charge < -0.3 is 10.2 Å². The van der Waals surface area contributed by atoms with Crippen LogP contribution in [0.15, 0.2) is 24.3 Å². The Morgan fingerprint density at radius 1 is 1.24 bits per heavy atom. The molecular weight excluding hydrogens is 256 g/mol. The molecule has 0 radical (unpaired) electrons. The molecular formula is C19H30N2. The zero-order valence-electron chi connectivity index (χ0n) is 13.6. The van der Waals surface area contributed by atoms with Crippen molar-refractivity contribution in [2.75, 3.05) is 18.0 Å². The fourth-order valence-electron chi connectivity index (χ4n) is 3.95. The molecule has 0 aromatic heterocycles. The Kier molecular flexibility index (Phi) is 4.84. The zero-order chi connectivity index (χ0) is 14.7. The Bertz CT molecular complexity index is 451. The van der Waals surface area contributed by atoms with Crippen molar-refractivity contribution in [3.05, 3.63) is 29.8 Å². The van der Waals surface area contributed by atoms with E-state index in [-0.39, 0.29) is 0 Å². The van der Waals surface area contributed by atoms with Gasteiger partial charge >= 0.3 is 0 Å². The Labute approximate surface area is 129 Å². The number of nitrogens with zero attached hydrogens (tertiary/aromatic N) is 1. The van der Waals surface area contributed by atoms with Gasteiger partial charge in [0.1, 0.15) is 0 Å². The first-order valence-electron chi connectivity index (χ1n) is 8.84. The molecule has 1 N–H and O–H groups in total. The highest BCUT2D eigenvalue weighted by atomic mass is 15.2. The van der Waals surface area contributed by atoms with Crippen molar-refractivity contribution < 1.29 is 0 Å². The second-order valence-electron chi connectivity index (χ2n) is 7.06. The van der Waals surface area contributed by atoms with Gasteiger partial charge in [0.25, 0.3) is 0 Å². The lowest BCUT2D eigenvalue weighted by atomic mass is 9.98. The van der Waals surface area contributed by atoms with Crippen LogP contribution in [0, 0.1) is 11.8 Å². The van der Waals surface area contributed by atoms with Crippen LogP contribution in [0.25, 0.3) is 0 Å². The molecule has 2 nitrogen and oxygen atoms in total. The standard InChI is InChI=1S/C19H30N2/c1-3-15(2)18-14-21(13-16-8-4-5-9-16)19-11-7-6-10-17(19)12-20-18/h6-7,10-11,15-16,18,20H,3-5,8-9,12-14H2,1-2H3.